The molecular formula is C80H98N16O14. The highest BCUT2D eigenvalue weighted by molar-refractivity contribution is 5.98. The van der Waals surface area contributed by atoms with Crippen molar-refractivity contribution in [2.75, 3.05) is 33.8 Å². The molecule has 12 bridgehead atoms. The van der Waals surface area contributed by atoms with Gasteiger partial charge < -0.3 is 77.4 Å². The molecule has 14 rings (SSSR count). The number of rotatable bonds is 14. The number of carbonyl (C=O) groups is 10. The van der Waals surface area contributed by atoms with Crippen LogP contribution in [0.1, 0.15) is 102 Å². The minimum Gasteiger partial charge on any atom is -0.487 e. The summed E-state index contributed by atoms with van der Waals surface area (Å²) in [5.41, 5.74) is 7.62. The van der Waals surface area contributed by atoms with E-state index in [-0.39, 0.29) is 64.8 Å². The highest BCUT2D eigenvalue weighted by atomic mass is 16.5. The number of nitrogens with zero attached hydrogens (tertiary/aromatic N) is 6. The molecule has 2 fully saturated rings. The van der Waals surface area contributed by atoms with Crippen LogP contribution >= 0.6 is 0 Å². The summed E-state index contributed by atoms with van der Waals surface area (Å²) in [6, 6.07) is 26.2. The Morgan fingerprint density at radius 1 is 0.545 bits per heavy atom. The molecule has 0 unspecified atom stereocenters. The fourth-order valence-corrected chi connectivity index (χ4v) is 14.0. The summed E-state index contributed by atoms with van der Waals surface area (Å²) in [6.45, 7) is 13.7. The molecule has 7 aromatic rings. The fraction of sp³-hybridized carbons (Fsp3) is 0.425. The van der Waals surface area contributed by atoms with Gasteiger partial charge in [0.1, 0.15) is 78.7 Å². The molecule has 7 aliphatic rings. The molecule has 8 heterocycles. The van der Waals surface area contributed by atoms with Crippen molar-refractivity contribution in [1.29, 1.82) is 0 Å². The van der Waals surface area contributed by atoms with E-state index in [2.05, 4.69) is 63.8 Å². The van der Waals surface area contributed by atoms with E-state index in [9.17, 15) is 39.0 Å². The number of carboxylic acids is 2. The van der Waals surface area contributed by atoms with E-state index in [0.717, 1.165) is 21.5 Å². The summed E-state index contributed by atoms with van der Waals surface area (Å²) in [6.07, 6.45) is 2.73. The van der Waals surface area contributed by atoms with Gasteiger partial charge in [-0.15, -0.1) is 10.6 Å². The van der Waals surface area contributed by atoms with E-state index in [0.29, 0.717) is 45.1 Å². The van der Waals surface area contributed by atoms with Crippen molar-refractivity contribution in [3.8, 4) is 11.5 Å². The van der Waals surface area contributed by atoms with Crippen LogP contribution in [0.5, 0.6) is 11.5 Å². The third kappa shape index (κ3) is 19.5. The van der Waals surface area contributed by atoms with Crippen molar-refractivity contribution < 1.29 is 67.6 Å². The first-order valence-electron chi connectivity index (χ1n) is 36.9. The highest BCUT2D eigenvalue weighted by Crippen LogP contribution is 2.34. The number of fused-ring (bicyclic) bond motifs is 2. The maximum atomic E-state index is 15.3. The zero-order chi connectivity index (χ0) is 78.9. The number of carbonyl (C=O) groups excluding carboxylic acids is 8. The Labute approximate surface area is 637 Å². The molecule has 30 heteroatoms. The van der Waals surface area contributed by atoms with Crippen LogP contribution < -0.4 is 63.0 Å². The Morgan fingerprint density at radius 2 is 0.973 bits per heavy atom. The average Bonchev–Trinajstić information content (AvgIpc) is 1.61. The number of nitrogens with one attached hydrogen (secondary N) is 10. The van der Waals surface area contributed by atoms with Gasteiger partial charge in [-0.25, -0.2) is 14.3 Å². The standard InChI is InChI=1S/C80H98N16O14/c1-45(81-9)69(97)87-67(79(3,4)5)75(103)93-41-57-37-65(93)73(101)83-61(35-49-19-25-51-15-11-13-17-53(51)31-49)71(99)85-63(77(105)106)33-47-23-29-60(30-24-47)110-44-56-40-96(92-90-56)58-38-66(94(42-58)76(104)68(80(6,7)8)88-70(98)46(2)82-10)74(102)84-62(36-50-20-26-52-16-12-14-18-54(52)32-50)72(100)86-64(78(107)108)34-48-21-27-59(28-22-48)109-43-55-39-95(57)91-89-55/h11-32,39-40,45-46,57-58,61-68,81-82,89,91H,33-38,41-44H2,1-10H3,(H,83,101)(H,84,102)(H,85,99)(H,86,100)(H,87,97)(H,88,98)(H,105,106)(H,107,108)/t45-,46-,57-,58-,61-,62-,63+,64+,65-,66-,67+,68+/m0/s1. The topological polar surface area (TPSA) is 390 Å². The van der Waals surface area contributed by atoms with Crippen molar-refractivity contribution >= 4 is 80.7 Å². The lowest BCUT2D eigenvalue weighted by atomic mass is 9.85. The Morgan fingerprint density at radius 3 is 1.41 bits per heavy atom. The van der Waals surface area contributed by atoms with E-state index in [4.69, 9.17) is 9.47 Å². The number of hydrogen-bond acceptors (Lipinski definition) is 19. The molecule has 8 amide bonds. The van der Waals surface area contributed by atoms with Gasteiger partial charge in [0.05, 0.1) is 36.1 Å². The SMILES string of the molecule is CN[C@@H](C)C(=O)N[C@H](C(=O)N1C[C@@H]2C[C@H]1C(=O)N[C@@H](Cc1ccc3ccccc3c1)C(=O)N[C@@H](C(=O)O)Cc1ccc(cc1)OCc1cn(nn1)[C@H]1C[C@@H](C(=O)N[C@@H](Cc3ccc4ccccc4c3)C(=O)N[C@@H](C(=O)O)Cc3ccc(cc3)OCC3=CN2NN3)N(C(=O)[C@@H](NC(=O)[C@H](C)NC)C(C)(C)C)C1)C(C)(C)C. The minimum atomic E-state index is -1.51. The number of hydrogen-bond donors (Lipinski definition) is 12. The molecule has 2 saturated heterocycles. The van der Waals surface area contributed by atoms with Crippen molar-refractivity contribution in [2.45, 2.75) is 173 Å². The number of aromatic nitrogens is 3. The molecule has 30 nitrogen and oxygen atoms in total. The average molecular weight is 1510 g/mol. The first kappa shape index (κ1) is 79.5. The van der Waals surface area contributed by atoms with Crippen molar-refractivity contribution in [3.05, 3.63) is 180 Å². The third-order valence-corrected chi connectivity index (χ3v) is 20.7. The molecule has 0 saturated carbocycles. The second-order valence-electron chi connectivity index (χ2n) is 30.9. The lowest BCUT2D eigenvalue weighted by molar-refractivity contribution is -0.145. The largest absolute Gasteiger partial charge is 0.487 e. The van der Waals surface area contributed by atoms with Crippen LogP contribution in [0.4, 0.5) is 0 Å². The third-order valence-electron chi connectivity index (χ3n) is 20.7. The molecule has 12 N–H and O–H groups in total. The normalized spacial score (nSPS) is 22.3. The molecule has 0 spiro atoms. The first-order valence-corrected chi connectivity index (χ1v) is 36.9. The van der Waals surface area contributed by atoms with Crippen LogP contribution in [-0.4, -0.2) is 199 Å². The molecule has 0 aliphatic carbocycles. The maximum absolute atomic E-state index is 15.3. The molecule has 110 heavy (non-hydrogen) atoms. The van der Waals surface area contributed by atoms with E-state index in [1.54, 1.807) is 135 Å². The molecule has 7 aliphatic heterocycles. The second kappa shape index (κ2) is 34.4. The Kier molecular flexibility index (Phi) is 24.9. The summed E-state index contributed by atoms with van der Waals surface area (Å²) in [5, 5.41) is 58.5. The van der Waals surface area contributed by atoms with Crippen molar-refractivity contribution in [3.63, 3.8) is 0 Å². The van der Waals surface area contributed by atoms with Gasteiger partial charge in [-0.3, -0.25) is 43.4 Å². The zero-order valence-electron chi connectivity index (χ0n) is 63.3. The summed E-state index contributed by atoms with van der Waals surface area (Å²) in [7, 11) is 3.23. The van der Waals surface area contributed by atoms with Gasteiger partial charge in [-0.2, -0.15) is 0 Å². The first-order chi connectivity index (χ1) is 52.4. The van der Waals surface area contributed by atoms with Crippen molar-refractivity contribution in [2.24, 2.45) is 10.8 Å². The van der Waals surface area contributed by atoms with Gasteiger partial charge in [0, 0.05) is 57.8 Å². The van der Waals surface area contributed by atoms with Gasteiger partial charge in [-0.1, -0.05) is 156 Å². The molecule has 582 valence electrons. The van der Waals surface area contributed by atoms with E-state index in [1.807, 2.05) is 84.9 Å². The number of carboxylic acid groups (broad SMARTS) is 2. The number of hydrazine groups is 2. The second-order valence-corrected chi connectivity index (χ2v) is 30.9. The van der Waals surface area contributed by atoms with Crippen LogP contribution in [0.2, 0.25) is 0 Å². The van der Waals surface area contributed by atoms with Gasteiger partial charge in [0.2, 0.25) is 47.3 Å². The predicted molar refractivity (Wildman–Crippen MR) is 408 cm³/mol. The Balaban J connectivity index is 0.918. The summed E-state index contributed by atoms with van der Waals surface area (Å²) >= 11 is 0. The smallest absolute Gasteiger partial charge is 0.326 e. The summed E-state index contributed by atoms with van der Waals surface area (Å²) < 4.78 is 13.9. The molecule has 12 atom stereocenters. The zero-order valence-corrected chi connectivity index (χ0v) is 63.3. The van der Waals surface area contributed by atoms with Gasteiger partial charge in [0.25, 0.3) is 0 Å². The van der Waals surface area contributed by atoms with E-state index in [1.165, 1.54) is 14.5 Å². The lowest BCUT2D eigenvalue weighted by Crippen LogP contribution is -2.61. The predicted octanol–water partition coefficient (Wildman–Crippen LogP) is 3.49. The molecular weight excluding hydrogens is 1410 g/mol. The van der Waals surface area contributed by atoms with E-state index < -0.39 is 143 Å². The summed E-state index contributed by atoms with van der Waals surface area (Å²) in [5.74, 6) is -7.09. The number of aliphatic carboxylic acids is 2. The molecule has 0 radical (unpaired) electrons. The number of benzene rings is 6. The Bertz CT molecular complexity index is 4600. The molecule has 6 aromatic carbocycles. The van der Waals surface area contributed by atoms with Gasteiger partial charge >= 0.3 is 11.9 Å². The minimum absolute atomic E-state index is 0.00976. The maximum Gasteiger partial charge on any atom is 0.326 e. The number of amides is 8. The summed E-state index contributed by atoms with van der Waals surface area (Å²) in [4.78, 5) is 147. The Hall–Kier alpha value is -11.5. The quantitative estimate of drug-likeness (QED) is 0.0741. The number of likely N-dealkylation sites (N-methyl/N-ethyl adjacent to an activating group) is 2. The van der Waals surface area contributed by atoms with Crippen LogP contribution in [-0.2, 0) is 80.2 Å². The van der Waals surface area contributed by atoms with Crippen LogP contribution in [0.3, 0.4) is 0 Å². The van der Waals surface area contributed by atoms with Crippen LogP contribution in [0.15, 0.2) is 152 Å². The number of likely N-dealkylation sites (tertiary alicyclic amines) is 2. The van der Waals surface area contributed by atoms with E-state index >= 15 is 19.2 Å². The van der Waals surface area contributed by atoms with Gasteiger partial charge in [-0.05, 0) is 107 Å². The lowest BCUT2D eigenvalue weighted by Gasteiger charge is -2.36. The monoisotopic (exact) mass is 1510 g/mol. The van der Waals surface area contributed by atoms with Crippen LogP contribution in [0, 0.1) is 10.8 Å². The van der Waals surface area contributed by atoms with Crippen LogP contribution in [0.25, 0.3) is 21.5 Å². The fourth-order valence-electron chi connectivity index (χ4n) is 14.0. The van der Waals surface area contributed by atoms with Gasteiger partial charge in [0.15, 0.2) is 0 Å². The molecule has 1 aromatic heterocycles. The highest BCUT2D eigenvalue weighted by Gasteiger charge is 2.49. The van der Waals surface area contributed by atoms with Crippen molar-refractivity contribution in [1.82, 2.24) is 83.3 Å². The number of ether oxygens (including phenoxy) is 2.